The molecule has 110 valence electrons. The largest absolute Gasteiger partial charge is 0.311 e. The molecule has 0 radical (unpaired) electrons. The molecule has 1 N–H and O–H groups in total. The van der Waals surface area contributed by atoms with Crippen molar-refractivity contribution in [1.29, 1.82) is 0 Å². The van der Waals surface area contributed by atoms with Gasteiger partial charge in [0.25, 0.3) is 0 Å². The van der Waals surface area contributed by atoms with Crippen LogP contribution in [0.2, 0.25) is 0 Å². The summed E-state index contributed by atoms with van der Waals surface area (Å²) < 4.78 is 1.73. The summed E-state index contributed by atoms with van der Waals surface area (Å²) in [5.41, 5.74) is 0.882. The molecule has 0 amide bonds. The Morgan fingerprint density at radius 1 is 1.42 bits per heavy atom. The maximum absolute atomic E-state index is 12.3. The van der Waals surface area contributed by atoms with E-state index in [1.165, 1.54) is 0 Å². The van der Waals surface area contributed by atoms with Crippen molar-refractivity contribution in [3.8, 4) is 0 Å². The Balaban J connectivity index is 0.00000361. The Kier molecular flexibility index (Phi) is 6.15. The number of hydrogen-bond donors (Lipinski definition) is 1. The van der Waals surface area contributed by atoms with Crippen LogP contribution in [0, 0.1) is 11.8 Å². The number of carbonyl (C=O) groups is 1. The Morgan fingerprint density at radius 3 is 2.63 bits per heavy atom. The highest BCUT2D eigenvalue weighted by Gasteiger charge is 2.25. The lowest BCUT2D eigenvalue weighted by molar-refractivity contribution is -0.126. The predicted molar refractivity (Wildman–Crippen MR) is 77.9 cm³/mol. The number of hydrogen-bond acceptors (Lipinski definition) is 4. The molecule has 1 aromatic heterocycles. The lowest BCUT2D eigenvalue weighted by Crippen LogP contribution is -2.25. The van der Waals surface area contributed by atoms with Gasteiger partial charge in [0.15, 0.2) is 5.78 Å². The molecule has 0 saturated heterocycles. The molecule has 19 heavy (non-hydrogen) atoms. The molecule has 1 aromatic rings. The van der Waals surface area contributed by atoms with E-state index < -0.39 is 0 Å². The van der Waals surface area contributed by atoms with Crippen molar-refractivity contribution in [3.63, 3.8) is 0 Å². The molecule has 5 heteroatoms. The number of nitrogens with zero attached hydrogens (tertiary/aromatic N) is 3. The zero-order valence-corrected chi connectivity index (χ0v) is 12.7. The normalized spacial score (nSPS) is 13.2. The summed E-state index contributed by atoms with van der Waals surface area (Å²) in [6, 6.07) is -0.192. The minimum absolute atomic E-state index is 0. The fourth-order valence-electron chi connectivity index (χ4n) is 1.99. The van der Waals surface area contributed by atoms with Crippen LogP contribution in [0.1, 0.15) is 54.2 Å². The van der Waals surface area contributed by atoms with Gasteiger partial charge in [-0.2, -0.15) is 0 Å². The quantitative estimate of drug-likeness (QED) is 0.786. The molecule has 0 unspecified atom stereocenters. The van der Waals surface area contributed by atoms with E-state index >= 15 is 0 Å². The topological polar surface area (TPSA) is 59.8 Å². The van der Waals surface area contributed by atoms with E-state index in [4.69, 9.17) is 0 Å². The number of Topliss-reactive ketones (excluding diaryl/α,β-unsaturated/α-hetero) is 1. The Morgan fingerprint density at radius 2 is 2.11 bits per heavy atom. The molecule has 0 aliphatic heterocycles. The number of rotatable bonds is 8. The Bertz CT molecular complexity index is 404. The van der Waals surface area contributed by atoms with Crippen molar-refractivity contribution in [2.24, 2.45) is 11.8 Å². The third kappa shape index (κ3) is 4.74. The van der Waals surface area contributed by atoms with Crippen LogP contribution in [-0.4, -0.2) is 27.3 Å². The lowest BCUT2D eigenvalue weighted by atomic mass is 9.94. The van der Waals surface area contributed by atoms with Gasteiger partial charge in [-0.25, -0.2) is 4.68 Å². The highest BCUT2D eigenvalue weighted by atomic mass is 16.1. The first-order valence-electron chi connectivity index (χ1n) is 7.10. The van der Waals surface area contributed by atoms with Crippen LogP contribution in [0.15, 0.2) is 6.20 Å². The molecule has 5 nitrogen and oxygen atoms in total. The molecule has 0 fully saturated rings. The summed E-state index contributed by atoms with van der Waals surface area (Å²) in [6.07, 6.45) is 2.69. The van der Waals surface area contributed by atoms with Gasteiger partial charge < -0.3 is 5.32 Å². The SMILES string of the molecule is CCNCc1cn([C@@H](CC(C)C)C(=O)C(C)C)nn1.[HH]. The molecular formula is C14H28N4O. The van der Waals surface area contributed by atoms with Crippen LogP contribution < -0.4 is 5.32 Å². The number of carbonyl (C=O) groups excluding carboxylic acids is 1. The van der Waals surface area contributed by atoms with E-state index in [0.717, 1.165) is 18.7 Å². The molecule has 1 atom stereocenters. The zero-order valence-electron chi connectivity index (χ0n) is 12.7. The van der Waals surface area contributed by atoms with Crippen LogP contribution in [0.3, 0.4) is 0 Å². The standard InChI is InChI=1S/C14H26N4O.H2/c1-6-15-8-12-9-18(17-16-12)13(7-10(2)3)14(19)11(4)5;/h9-11,13,15H,6-8H2,1-5H3;1H/t13-;/m0./s1. The minimum atomic E-state index is -0.192. The molecular weight excluding hydrogens is 240 g/mol. The van der Waals surface area contributed by atoms with Gasteiger partial charge in [-0.15, -0.1) is 5.10 Å². The smallest absolute Gasteiger partial charge is 0.159 e. The second kappa shape index (κ2) is 7.38. The monoisotopic (exact) mass is 268 g/mol. The van der Waals surface area contributed by atoms with Gasteiger partial charge in [0.1, 0.15) is 6.04 Å². The van der Waals surface area contributed by atoms with Gasteiger partial charge in [0, 0.05) is 13.9 Å². The van der Waals surface area contributed by atoms with E-state index in [1.807, 2.05) is 27.0 Å². The van der Waals surface area contributed by atoms with Crippen molar-refractivity contribution >= 4 is 5.78 Å². The van der Waals surface area contributed by atoms with Crippen LogP contribution in [0.5, 0.6) is 0 Å². The van der Waals surface area contributed by atoms with Crippen molar-refractivity contribution in [2.45, 2.75) is 53.6 Å². The van der Waals surface area contributed by atoms with Crippen molar-refractivity contribution in [1.82, 2.24) is 20.3 Å². The molecule has 0 aromatic carbocycles. The number of ketones is 1. The summed E-state index contributed by atoms with van der Waals surface area (Å²) in [7, 11) is 0. The molecule has 0 saturated carbocycles. The van der Waals surface area contributed by atoms with Crippen LogP contribution in [0.4, 0.5) is 0 Å². The van der Waals surface area contributed by atoms with Crippen LogP contribution in [0.25, 0.3) is 0 Å². The van der Waals surface area contributed by atoms with Gasteiger partial charge >= 0.3 is 0 Å². The first kappa shape index (κ1) is 15.8. The second-order valence-corrected chi connectivity index (χ2v) is 5.67. The summed E-state index contributed by atoms with van der Waals surface area (Å²) in [4.78, 5) is 12.3. The van der Waals surface area contributed by atoms with Gasteiger partial charge in [0.2, 0.25) is 0 Å². The lowest BCUT2D eigenvalue weighted by Gasteiger charge is -2.19. The molecule has 1 heterocycles. The summed E-state index contributed by atoms with van der Waals surface area (Å²) in [6.45, 7) is 11.8. The molecule has 0 aliphatic rings. The second-order valence-electron chi connectivity index (χ2n) is 5.67. The van der Waals surface area contributed by atoms with E-state index in [1.54, 1.807) is 4.68 Å². The summed E-state index contributed by atoms with van der Waals surface area (Å²) >= 11 is 0. The molecule has 0 spiro atoms. The highest BCUT2D eigenvalue weighted by Crippen LogP contribution is 2.21. The van der Waals surface area contributed by atoms with Gasteiger partial charge in [-0.1, -0.05) is 39.8 Å². The number of nitrogens with one attached hydrogen (secondary N) is 1. The molecule has 0 aliphatic carbocycles. The van der Waals surface area contributed by atoms with Crippen molar-refractivity contribution < 1.29 is 6.22 Å². The third-order valence-corrected chi connectivity index (χ3v) is 3.03. The van der Waals surface area contributed by atoms with Crippen LogP contribution >= 0.6 is 0 Å². The maximum Gasteiger partial charge on any atom is 0.159 e. The third-order valence-electron chi connectivity index (χ3n) is 3.03. The van der Waals surface area contributed by atoms with Crippen molar-refractivity contribution in [3.05, 3.63) is 11.9 Å². The van der Waals surface area contributed by atoms with Gasteiger partial charge in [-0.3, -0.25) is 4.79 Å². The molecule has 0 bridgehead atoms. The number of aromatic nitrogens is 3. The summed E-state index contributed by atoms with van der Waals surface area (Å²) in [5.74, 6) is 0.702. The molecule has 1 rings (SSSR count). The van der Waals surface area contributed by atoms with E-state index in [2.05, 4.69) is 29.5 Å². The average Bonchev–Trinajstić information content (AvgIpc) is 2.80. The summed E-state index contributed by atoms with van der Waals surface area (Å²) in [5, 5.41) is 11.5. The van der Waals surface area contributed by atoms with Crippen molar-refractivity contribution in [2.75, 3.05) is 6.54 Å². The predicted octanol–water partition coefficient (Wildman–Crippen LogP) is 2.45. The highest BCUT2D eigenvalue weighted by molar-refractivity contribution is 5.84. The zero-order chi connectivity index (χ0) is 14.4. The first-order chi connectivity index (χ1) is 8.95. The van der Waals surface area contributed by atoms with E-state index in [9.17, 15) is 4.79 Å². The fourth-order valence-corrected chi connectivity index (χ4v) is 1.99. The average molecular weight is 268 g/mol. The first-order valence-corrected chi connectivity index (χ1v) is 7.10. The fraction of sp³-hybridized carbons (Fsp3) is 0.786. The van der Waals surface area contributed by atoms with Gasteiger partial charge in [-0.05, 0) is 18.9 Å². The minimum Gasteiger partial charge on any atom is -0.311 e. The van der Waals surface area contributed by atoms with E-state index in [0.29, 0.717) is 12.5 Å². The Hall–Kier alpha value is -1.23. The van der Waals surface area contributed by atoms with Crippen LogP contribution in [-0.2, 0) is 11.3 Å². The Labute approximate surface area is 117 Å². The van der Waals surface area contributed by atoms with E-state index in [-0.39, 0.29) is 19.2 Å². The van der Waals surface area contributed by atoms with Gasteiger partial charge in [0.05, 0.1) is 11.9 Å². The maximum atomic E-state index is 12.3.